The second kappa shape index (κ2) is 20.5. The molecule has 1 unspecified atom stereocenters. The van der Waals surface area contributed by atoms with Gasteiger partial charge in [-0.15, -0.1) is 0 Å². The van der Waals surface area contributed by atoms with Crippen molar-refractivity contribution >= 4 is 29.3 Å². The van der Waals surface area contributed by atoms with Gasteiger partial charge >= 0.3 is 17.9 Å². The van der Waals surface area contributed by atoms with Crippen molar-refractivity contribution in [2.75, 3.05) is 13.2 Å². The van der Waals surface area contributed by atoms with E-state index in [4.69, 9.17) is 18.9 Å². The van der Waals surface area contributed by atoms with Crippen molar-refractivity contribution in [1.82, 2.24) is 0 Å². The molecule has 0 spiro atoms. The quantitative estimate of drug-likeness (QED) is 0.0528. The van der Waals surface area contributed by atoms with Gasteiger partial charge in [-0.05, 0) is 92.6 Å². The van der Waals surface area contributed by atoms with Gasteiger partial charge in [-0.2, -0.15) is 10.2 Å². The molecule has 3 rings (SSSR count). The second-order valence-corrected chi connectivity index (χ2v) is 11.0. The van der Waals surface area contributed by atoms with Crippen LogP contribution in [0.2, 0.25) is 0 Å². The molecule has 0 bridgehead atoms. The summed E-state index contributed by atoms with van der Waals surface area (Å²) < 4.78 is 21.7. The number of esters is 3. The van der Waals surface area contributed by atoms with Crippen LogP contribution in [0, 0.1) is 0 Å². The van der Waals surface area contributed by atoms with Crippen molar-refractivity contribution in [3.63, 3.8) is 0 Å². The van der Waals surface area contributed by atoms with Gasteiger partial charge in [0.2, 0.25) is 0 Å². The number of benzene rings is 3. The molecule has 0 aliphatic heterocycles. The highest BCUT2D eigenvalue weighted by molar-refractivity contribution is 5.92. The van der Waals surface area contributed by atoms with Gasteiger partial charge < -0.3 is 18.9 Å². The van der Waals surface area contributed by atoms with Crippen LogP contribution in [-0.2, 0) is 14.3 Å². The van der Waals surface area contributed by atoms with Gasteiger partial charge in [0.25, 0.3) is 0 Å². The minimum Gasteiger partial charge on any atom is -0.494 e. The number of unbranched alkanes of at least 4 members (excludes halogenated alkanes) is 8. The summed E-state index contributed by atoms with van der Waals surface area (Å²) in [7, 11) is 0. The van der Waals surface area contributed by atoms with Crippen molar-refractivity contribution in [1.29, 1.82) is 0 Å². The van der Waals surface area contributed by atoms with E-state index in [2.05, 4.69) is 24.1 Å². The van der Waals surface area contributed by atoms with Gasteiger partial charge in [-0.1, -0.05) is 65.2 Å². The number of hydrogen-bond acceptors (Lipinski definition) is 9. The summed E-state index contributed by atoms with van der Waals surface area (Å²) in [5, 5.41) is 8.39. The maximum Gasteiger partial charge on any atom is 0.347 e. The second-order valence-electron chi connectivity index (χ2n) is 11.0. The predicted molar refractivity (Wildman–Crippen MR) is 177 cm³/mol. The molecule has 0 aliphatic carbocycles. The topological polar surface area (TPSA) is 113 Å². The molecule has 0 aromatic heterocycles. The van der Waals surface area contributed by atoms with Crippen LogP contribution in [0.1, 0.15) is 106 Å². The predicted octanol–water partition coefficient (Wildman–Crippen LogP) is 9.73. The van der Waals surface area contributed by atoms with Gasteiger partial charge in [-0.3, -0.25) is 0 Å². The highest BCUT2D eigenvalue weighted by Gasteiger charge is 2.20. The maximum absolute atomic E-state index is 12.6. The Bertz CT molecular complexity index is 1370. The zero-order valence-electron chi connectivity index (χ0n) is 27.2. The summed E-state index contributed by atoms with van der Waals surface area (Å²) in [5.74, 6) is -0.547. The molecule has 0 saturated carbocycles. The third-order valence-electron chi connectivity index (χ3n) is 7.15. The Morgan fingerprint density at radius 1 is 0.587 bits per heavy atom. The highest BCUT2D eigenvalue weighted by Crippen LogP contribution is 2.23. The van der Waals surface area contributed by atoms with Gasteiger partial charge in [0, 0.05) is 0 Å². The van der Waals surface area contributed by atoms with Gasteiger partial charge in [-0.25, -0.2) is 14.4 Å². The molecule has 0 amide bonds. The standard InChI is InChI=1S/C37H46N2O7/c1-4-6-8-10-11-13-26-43-33-22-16-30(17-23-33)37(42)46-34-24-20-32(21-25-34)39-38-31-18-14-29(15-19-31)36(41)45-28(3)35(40)44-27-12-9-7-5-2/h14-25,28H,4-13,26-27H2,1-3H3. The van der Waals surface area contributed by atoms with Crippen LogP contribution in [0.25, 0.3) is 0 Å². The van der Waals surface area contributed by atoms with E-state index >= 15 is 0 Å². The molecule has 46 heavy (non-hydrogen) atoms. The van der Waals surface area contributed by atoms with Crippen LogP contribution >= 0.6 is 0 Å². The molecule has 9 heteroatoms. The SMILES string of the molecule is CCCCCCCCOc1ccc(C(=O)Oc2ccc(N=Nc3ccc(C(=O)OC(C)C(=O)OCCCCCC)cc3)cc2)cc1. The number of rotatable bonds is 20. The highest BCUT2D eigenvalue weighted by atomic mass is 16.6. The van der Waals surface area contributed by atoms with Gasteiger partial charge in [0.1, 0.15) is 11.5 Å². The van der Waals surface area contributed by atoms with Gasteiger partial charge in [0.15, 0.2) is 6.10 Å². The van der Waals surface area contributed by atoms with E-state index in [1.807, 2.05) is 0 Å². The van der Waals surface area contributed by atoms with Crippen LogP contribution < -0.4 is 9.47 Å². The first-order valence-electron chi connectivity index (χ1n) is 16.3. The summed E-state index contributed by atoms with van der Waals surface area (Å²) >= 11 is 0. The number of nitrogens with zero attached hydrogens (tertiary/aromatic N) is 2. The molecule has 0 aliphatic rings. The minimum absolute atomic E-state index is 0.281. The van der Waals surface area contributed by atoms with Crippen molar-refractivity contribution in [2.24, 2.45) is 10.2 Å². The average Bonchev–Trinajstić information content (AvgIpc) is 3.07. The molecule has 3 aromatic carbocycles. The van der Waals surface area contributed by atoms with Crippen LogP contribution in [0.15, 0.2) is 83.0 Å². The molecular formula is C37H46N2O7. The molecule has 9 nitrogen and oxygen atoms in total. The number of hydrogen-bond donors (Lipinski definition) is 0. The molecule has 0 heterocycles. The van der Waals surface area contributed by atoms with Crippen molar-refractivity contribution in [3.05, 3.63) is 83.9 Å². The number of azo groups is 1. The smallest absolute Gasteiger partial charge is 0.347 e. The van der Waals surface area contributed by atoms with Crippen molar-refractivity contribution < 1.29 is 33.3 Å². The first-order valence-corrected chi connectivity index (χ1v) is 16.3. The monoisotopic (exact) mass is 630 g/mol. The Balaban J connectivity index is 1.41. The summed E-state index contributed by atoms with van der Waals surface area (Å²) in [4.78, 5) is 37.1. The average molecular weight is 631 g/mol. The Kier molecular flexibility index (Phi) is 16.0. The third kappa shape index (κ3) is 13.2. The lowest BCUT2D eigenvalue weighted by Gasteiger charge is -2.12. The molecule has 246 valence electrons. The summed E-state index contributed by atoms with van der Waals surface area (Å²) in [6.45, 7) is 6.79. The Morgan fingerprint density at radius 3 is 1.70 bits per heavy atom. The normalized spacial score (nSPS) is 11.6. The lowest BCUT2D eigenvalue weighted by atomic mass is 10.1. The van der Waals surface area contributed by atoms with Crippen molar-refractivity contribution in [2.45, 2.75) is 91.1 Å². The Hall–Kier alpha value is -4.53. The third-order valence-corrected chi connectivity index (χ3v) is 7.15. The van der Waals surface area contributed by atoms with E-state index in [1.165, 1.54) is 32.6 Å². The maximum atomic E-state index is 12.6. The molecular weight excluding hydrogens is 584 g/mol. The Morgan fingerprint density at radius 2 is 1.07 bits per heavy atom. The summed E-state index contributed by atoms with van der Waals surface area (Å²) in [6, 6.07) is 19.9. The zero-order chi connectivity index (χ0) is 33.0. The summed E-state index contributed by atoms with van der Waals surface area (Å²) in [6.07, 6.45) is 10.2. The van der Waals surface area contributed by atoms with Crippen LogP contribution in [0.5, 0.6) is 11.5 Å². The fourth-order valence-corrected chi connectivity index (χ4v) is 4.38. The molecule has 1 atom stereocenters. The molecule has 0 saturated heterocycles. The Labute approximate surface area is 272 Å². The number of ether oxygens (including phenoxy) is 4. The van der Waals surface area contributed by atoms with Gasteiger partial charge in [0.05, 0.1) is 35.7 Å². The first-order chi connectivity index (χ1) is 22.4. The number of carbonyl (C=O) groups excluding carboxylic acids is 3. The van der Waals surface area contributed by atoms with E-state index in [-0.39, 0.29) is 5.56 Å². The van der Waals surface area contributed by atoms with E-state index in [1.54, 1.807) is 72.8 Å². The van der Waals surface area contributed by atoms with Crippen LogP contribution in [0.3, 0.4) is 0 Å². The number of carbonyl (C=O) groups is 3. The van der Waals surface area contributed by atoms with Crippen molar-refractivity contribution in [3.8, 4) is 11.5 Å². The lowest BCUT2D eigenvalue weighted by molar-refractivity contribution is -0.153. The van der Waals surface area contributed by atoms with E-state index in [0.29, 0.717) is 35.9 Å². The van der Waals surface area contributed by atoms with E-state index in [9.17, 15) is 14.4 Å². The van der Waals surface area contributed by atoms with E-state index < -0.39 is 24.0 Å². The van der Waals surface area contributed by atoms with E-state index in [0.717, 1.165) is 44.3 Å². The fraction of sp³-hybridized carbons (Fsp3) is 0.432. The minimum atomic E-state index is -1.00. The lowest BCUT2D eigenvalue weighted by Crippen LogP contribution is -2.26. The summed E-state index contributed by atoms with van der Waals surface area (Å²) in [5.41, 5.74) is 1.78. The largest absolute Gasteiger partial charge is 0.494 e. The fourth-order valence-electron chi connectivity index (χ4n) is 4.38. The van der Waals surface area contributed by atoms with Crippen LogP contribution in [0.4, 0.5) is 11.4 Å². The molecule has 0 fully saturated rings. The first kappa shape index (κ1) is 35.9. The molecule has 3 aromatic rings. The zero-order valence-corrected chi connectivity index (χ0v) is 27.2. The molecule has 0 radical (unpaired) electrons. The van der Waals surface area contributed by atoms with Crippen LogP contribution in [-0.4, -0.2) is 37.2 Å². The molecule has 0 N–H and O–H groups in total.